The molecule has 106 valence electrons. The van der Waals surface area contributed by atoms with Crippen LogP contribution in [0, 0.1) is 21.4 Å². The van der Waals surface area contributed by atoms with Crippen LogP contribution in [0.1, 0.15) is 31.2 Å². The number of aliphatic hydroxyl groups is 1. The Morgan fingerprint density at radius 3 is 2.80 bits per heavy atom. The number of hydrogen-bond acceptors (Lipinski definition) is 6. The fraction of sp³-hybridized carbons (Fsp3) is 0.538. The van der Waals surface area contributed by atoms with E-state index in [-0.39, 0.29) is 23.6 Å². The zero-order valence-electron chi connectivity index (χ0n) is 11.2. The molecular formula is C13H16N4O3. The molecule has 1 aromatic rings. The number of anilines is 1. The molecule has 0 atom stereocenters. The van der Waals surface area contributed by atoms with Crippen molar-refractivity contribution in [3.63, 3.8) is 0 Å². The first-order valence-corrected chi connectivity index (χ1v) is 6.44. The fourth-order valence-electron chi connectivity index (χ4n) is 2.70. The van der Waals surface area contributed by atoms with Crippen LogP contribution in [0.5, 0.6) is 0 Å². The lowest BCUT2D eigenvalue weighted by atomic mass is 10.0. The van der Waals surface area contributed by atoms with Gasteiger partial charge in [0.1, 0.15) is 11.6 Å². The molecule has 20 heavy (non-hydrogen) atoms. The van der Waals surface area contributed by atoms with Gasteiger partial charge in [0.05, 0.1) is 10.5 Å². The molecule has 2 rings (SSSR count). The first-order chi connectivity index (χ1) is 9.47. The van der Waals surface area contributed by atoms with Crippen molar-refractivity contribution < 1.29 is 10.0 Å². The summed E-state index contributed by atoms with van der Waals surface area (Å²) in [6.45, 7) is 0.274. The third-order valence-electron chi connectivity index (χ3n) is 3.64. The molecule has 0 aliphatic heterocycles. The molecule has 0 saturated heterocycles. The van der Waals surface area contributed by atoms with Crippen LogP contribution in [-0.2, 0) is 0 Å². The first kappa shape index (κ1) is 14.2. The maximum Gasteiger partial charge on any atom is 0.329 e. The van der Waals surface area contributed by atoms with E-state index in [0.29, 0.717) is 12.8 Å². The summed E-state index contributed by atoms with van der Waals surface area (Å²) in [5.41, 5.74) is -1.16. The molecule has 1 aliphatic carbocycles. The smallest absolute Gasteiger partial charge is 0.329 e. The van der Waals surface area contributed by atoms with E-state index >= 15 is 0 Å². The molecule has 0 amide bonds. The van der Waals surface area contributed by atoms with E-state index in [0.717, 1.165) is 12.8 Å². The topological polar surface area (TPSA) is 103 Å². The second-order valence-corrected chi connectivity index (χ2v) is 5.19. The van der Waals surface area contributed by atoms with E-state index in [4.69, 9.17) is 5.26 Å². The molecule has 0 aromatic carbocycles. The van der Waals surface area contributed by atoms with Gasteiger partial charge in [-0.2, -0.15) is 5.26 Å². The highest BCUT2D eigenvalue weighted by Crippen LogP contribution is 2.33. The summed E-state index contributed by atoms with van der Waals surface area (Å²) in [7, 11) is 1.65. The van der Waals surface area contributed by atoms with Gasteiger partial charge in [-0.1, -0.05) is 12.8 Å². The van der Waals surface area contributed by atoms with Crippen molar-refractivity contribution in [3.05, 3.63) is 27.9 Å². The minimum Gasteiger partial charge on any atom is -0.388 e. The Kier molecular flexibility index (Phi) is 3.86. The van der Waals surface area contributed by atoms with Crippen molar-refractivity contribution in [2.45, 2.75) is 31.3 Å². The van der Waals surface area contributed by atoms with Crippen molar-refractivity contribution in [1.29, 1.82) is 5.26 Å². The zero-order chi connectivity index (χ0) is 14.8. The summed E-state index contributed by atoms with van der Waals surface area (Å²) in [5.74, 6) is 0.120. The number of likely N-dealkylation sites (N-methyl/N-ethyl adjacent to an activating group) is 1. The number of nitro groups is 1. The molecule has 1 heterocycles. The number of aromatic nitrogens is 1. The van der Waals surface area contributed by atoms with Crippen LogP contribution < -0.4 is 4.90 Å². The molecule has 1 N–H and O–H groups in total. The molecule has 0 bridgehead atoms. The Hall–Kier alpha value is -2.20. The van der Waals surface area contributed by atoms with Crippen LogP contribution >= 0.6 is 0 Å². The maximum atomic E-state index is 11.1. The predicted octanol–water partition coefficient (Wildman–Crippen LogP) is 1.60. The van der Waals surface area contributed by atoms with Gasteiger partial charge < -0.3 is 10.0 Å². The lowest BCUT2D eigenvalue weighted by Crippen LogP contribution is -2.39. The average Bonchev–Trinajstić information content (AvgIpc) is 2.83. The molecule has 1 saturated carbocycles. The summed E-state index contributed by atoms with van der Waals surface area (Å²) in [6, 6.07) is 3.12. The lowest BCUT2D eigenvalue weighted by Gasteiger charge is -2.29. The number of hydrogen-bond donors (Lipinski definition) is 1. The van der Waals surface area contributed by atoms with Crippen LogP contribution in [0.3, 0.4) is 0 Å². The molecule has 1 aliphatic rings. The van der Waals surface area contributed by atoms with Crippen LogP contribution in [-0.4, -0.2) is 34.2 Å². The minimum atomic E-state index is -0.826. The third kappa shape index (κ3) is 2.70. The van der Waals surface area contributed by atoms with Gasteiger partial charge in [-0.25, -0.2) is 4.98 Å². The van der Waals surface area contributed by atoms with Gasteiger partial charge in [0, 0.05) is 19.8 Å². The second-order valence-electron chi connectivity index (χ2n) is 5.19. The Labute approximate surface area is 116 Å². The molecule has 0 radical (unpaired) electrons. The predicted molar refractivity (Wildman–Crippen MR) is 72.3 cm³/mol. The molecule has 1 fully saturated rings. The SMILES string of the molecule is CN(CC1(O)CCCC1)c1nccc(C#N)c1[N+](=O)[O-]. The molecule has 7 nitrogen and oxygen atoms in total. The van der Waals surface area contributed by atoms with E-state index in [1.54, 1.807) is 18.0 Å². The fourth-order valence-corrected chi connectivity index (χ4v) is 2.70. The number of nitriles is 1. The highest BCUT2D eigenvalue weighted by Gasteiger charge is 2.34. The van der Waals surface area contributed by atoms with Gasteiger partial charge in [-0.3, -0.25) is 10.1 Å². The van der Waals surface area contributed by atoms with Crippen LogP contribution in [0.15, 0.2) is 12.3 Å². The largest absolute Gasteiger partial charge is 0.388 e. The van der Waals surface area contributed by atoms with Gasteiger partial charge >= 0.3 is 5.69 Å². The van der Waals surface area contributed by atoms with Gasteiger partial charge in [-0.05, 0) is 18.9 Å². The van der Waals surface area contributed by atoms with Crippen molar-refractivity contribution in [1.82, 2.24) is 4.98 Å². The Morgan fingerprint density at radius 1 is 1.60 bits per heavy atom. The Balaban J connectivity index is 2.32. The number of rotatable bonds is 4. The third-order valence-corrected chi connectivity index (χ3v) is 3.64. The summed E-state index contributed by atoms with van der Waals surface area (Å²) >= 11 is 0. The molecule has 0 spiro atoms. The van der Waals surface area contributed by atoms with E-state index in [2.05, 4.69) is 4.98 Å². The van der Waals surface area contributed by atoms with E-state index in [1.165, 1.54) is 12.3 Å². The van der Waals surface area contributed by atoms with Crippen LogP contribution in [0.2, 0.25) is 0 Å². The van der Waals surface area contributed by atoms with Gasteiger partial charge in [-0.15, -0.1) is 0 Å². The van der Waals surface area contributed by atoms with Crippen molar-refractivity contribution in [2.24, 2.45) is 0 Å². The van der Waals surface area contributed by atoms with Gasteiger partial charge in [0.25, 0.3) is 0 Å². The second kappa shape index (κ2) is 5.43. The maximum absolute atomic E-state index is 11.1. The van der Waals surface area contributed by atoms with E-state index in [9.17, 15) is 15.2 Å². The van der Waals surface area contributed by atoms with E-state index in [1.807, 2.05) is 0 Å². The van der Waals surface area contributed by atoms with Crippen LogP contribution in [0.25, 0.3) is 0 Å². The highest BCUT2D eigenvalue weighted by atomic mass is 16.6. The van der Waals surface area contributed by atoms with Crippen LogP contribution in [0.4, 0.5) is 11.5 Å². The molecule has 0 unspecified atom stereocenters. The Bertz CT molecular complexity index is 561. The van der Waals surface area contributed by atoms with Crippen molar-refractivity contribution >= 4 is 11.5 Å². The molecular weight excluding hydrogens is 260 g/mol. The summed E-state index contributed by atoms with van der Waals surface area (Å²) < 4.78 is 0. The van der Waals surface area contributed by atoms with Gasteiger partial charge in [0.2, 0.25) is 5.82 Å². The van der Waals surface area contributed by atoms with Gasteiger partial charge in [0.15, 0.2) is 0 Å². The average molecular weight is 276 g/mol. The van der Waals surface area contributed by atoms with Crippen molar-refractivity contribution in [2.75, 3.05) is 18.5 Å². The molecule has 1 aromatic heterocycles. The lowest BCUT2D eigenvalue weighted by molar-refractivity contribution is -0.384. The number of pyridine rings is 1. The first-order valence-electron chi connectivity index (χ1n) is 6.44. The quantitative estimate of drug-likeness (QED) is 0.661. The summed E-state index contributed by atoms with van der Waals surface area (Å²) in [5, 5.41) is 30.5. The summed E-state index contributed by atoms with van der Waals surface area (Å²) in [4.78, 5) is 16.1. The molecule has 7 heteroatoms. The summed E-state index contributed by atoms with van der Waals surface area (Å²) in [6.07, 6.45) is 4.65. The standard InChI is InChI=1S/C13H16N4O3/c1-16(9-13(18)5-2-3-6-13)12-11(17(19)20)10(8-14)4-7-15-12/h4,7,18H,2-3,5-6,9H2,1H3. The van der Waals surface area contributed by atoms with Crippen molar-refractivity contribution in [3.8, 4) is 6.07 Å². The highest BCUT2D eigenvalue weighted by molar-refractivity contribution is 5.65. The minimum absolute atomic E-state index is 0.0229. The monoisotopic (exact) mass is 276 g/mol. The Morgan fingerprint density at radius 2 is 2.25 bits per heavy atom. The number of nitrogens with zero attached hydrogens (tertiary/aromatic N) is 4. The zero-order valence-corrected chi connectivity index (χ0v) is 11.2. The van der Waals surface area contributed by atoms with E-state index < -0.39 is 10.5 Å². The normalized spacial score (nSPS) is 16.6.